The lowest BCUT2D eigenvalue weighted by Gasteiger charge is -2.26. The van der Waals surface area contributed by atoms with Crippen LogP contribution in [0.2, 0.25) is 10.0 Å². The van der Waals surface area contributed by atoms with Crippen LogP contribution in [0, 0.1) is 0 Å². The van der Waals surface area contributed by atoms with E-state index in [9.17, 15) is 13.2 Å². The van der Waals surface area contributed by atoms with E-state index in [1.807, 2.05) is 0 Å². The highest BCUT2D eigenvalue weighted by Crippen LogP contribution is 2.30. The smallest absolute Gasteiger partial charge is 0.355 e. The van der Waals surface area contributed by atoms with E-state index in [0.717, 1.165) is 4.57 Å². The van der Waals surface area contributed by atoms with Gasteiger partial charge in [-0.2, -0.15) is 14.3 Å². The van der Waals surface area contributed by atoms with Crippen molar-refractivity contribution in [2.75, 3.05) is 37.4 Å². The van der Waals surface area contributed by atoms with E-state index in [1.165, 1.54) is 22.6 Å². The number of nitrogens with two attached hydrogens (primary N) is 1. The Bertz CT molecular complexity index is 1600. The first-order valence-corrected chi connectivity index (χ1v) is 12.9. The molecule has 36 heavy (non-hydrogen) atoms. The van der Waals surface area contributed by atoms with Crippen molar-refractivity contribution < 1.29 is 13.2 Å². The van der Waals surface area contributed by atoms with Gasteiger partial charge in [-0.25, -0.2) is 22.8 Å². The minimum Gasteiger partial charge on any atom is -0.384 e. The topological polar surface area (TPSA) is 145 Å². The molecule has 0 spiro atoms. The van der Waals surface area contributed by atoms with Gasteiger partial charge < -0.3 is 15.8 Å². The van der Waals surface area contributed by atoms with Crippen molar-refractivity contribution in [2.45, 2.75) is 4.90 Å². The van der Waals surface area contributed by atoms with Crippen LogP contribution in [0.4, 0.5) is 17.5 Å². The lowest BCUT2D eigenvalue weighted by Crippen LogP contribution is -2.40. The van der Waals surface area contributed by atoms with Crippen molar-refractivity contribution in [3.8, 4) is 5.69 Å². The number of para-hydroxylation sites is 1. The third-order valence-electron chi connectivity index (χ3n) is 5.56. The van der Waals surface area contributed by atoms with E-state index >= 15 is 0 Å². The van der Waals surface area contributed by atoms with Gasteiger partial charge in [0.05, 0.1) is 39.2 Å². The summed E-state index contributed by atoms with van der Waals surface area (Å²) in [5.74, 6) is 0.176. The lowest BCUT2D eigenvalue weighted by atomic mass is 10.3. The van der Waals surface area contributed by atoms with Crippen molar-refractivity contribution in [1.82, 2.24) is 23.8 Å². The third kappa shape index (κ3) is 4.49. The number of hydrogen-bond donors (Lipinski definition) is 2. The van der Waals surface area contributed by atoms with Gasteiger partial charge in [0.1, 0.15) is 5.82 Å². The minimum atomic E-state index is -3.61. The van der Waals surface area contributed by atoms with Crippen molar-refractivity contribution in [3.05, 3.63) is 69.2 Å². The van der Waals surface area contributed by atoms with Crippen LogP contribution in [0.3, 0.4) is 0 Å². The van der Waals surface area contributed by atoms with Crippen molar-refractivity contribution >= 4 is 61.7 Å². The lowest BCUT2D eigenvalue weighted by molar-refractivity contribution is 0.0730. The number of ether oxygens (including phenoxy) is 1. The van der Waals surface area contributed by atoms with Gasteiger partial charge in [-0.1, -0.05) is 29.3 Å². The molecule has 1 aliphatic heterocycles. The molecule has 0 bridgehead atoms. The zero-order chi connectivity index (χ0) is 25.4. The summed E-state index contributed by atoms with van der Waals surface area (Å²) in [5.41, 5.74) is 6.36. The second kappa shape index (κ2) is 9.64. The van der Waals surface area contributed by atoms with Crippen LogP contribution < -0.4 is 16.7 Å². The Hall–Kier alpha value is -3.29. The molecule has 0 aliphatic carbocycles. The number of morpholine rings is 1. The Labute approximate surface area is 215 Å². The first kappa shape index (κ1) is 24.4. The Morgan fingerprint density at radius 2 is 1.67 bits per heavy atom. The fourth-order valence-electron chi connectivity index (χ4n) is 3.76. The number of fused-ring (bicyclic) bond motifs is 1. The predicted molar refractivity (Wildman–Crippen MR) is 137 cm³/mol. The summed E-state index contributed by atoms with van der Waals surface area (Å²) in [7, 11) is -3.61. The number of anilines is 3. The molecule has 0 radical (unpaired) electrons. The van der Waals surface area contributed by atoms with E-state index in [0.29, 0.717) is 37.4 Å². The molecule has 1 aliphatic rings. The molecule has 2 aromatic carbocycles. The number of hydrogen-bond acceptors (Lipinski definition) is 9. The second-order valence-electron chi connectivity index (χ2n) is 7.78. The maximum Gasteiger partial charge on any atom is 0.355 e. The average Bonchev–Trinajstić information content (AvgIpc) is 2.86. The monoisotopic (exact) mass is 547 g/mol. The van der Waals surface area contributed by atoms with Crippen LogP contribution in [0.1, 0.15) is 0 Å². The predicted octanol–water partition coefficient (Wildman–Crippen LogP) is 2.83. The van der Waals surface area contributed by atoms with Crippen LogP contribution in [-0.2, 0) is 14.8 Å². The first-order valence-electron chi connectivity index (χ1n) is 10.7. The summed E-state index contributed by atoms with van der Waals surface area (Å²) in [6.45, 7) is 1.36. The van der Waals surface area contributed by atoms with Crippen molar-refractivity contribution in [2.24, 2.45) is 0 Å². The fraction of sp³-hybridized carbons (Fsp3) is 0.182. The van der Waals surface area contributed by atoms with E-state index in [-0.39, 0.29) is 38.0 Å². The Morgan fingerprint density at radius 1 is 1.00 bits per heavy atom. The summed E-state index contributed by atoms with van der Waals surface area (Å²) >= 11 is 12.5. The molecular formula is C22H19Cl2N7O4S. The summed E-state index contributed by atoms with van der Waals surface area (Å²) in [6, 6.07) is 11.0. The van der Waals surface area contributed by atoms with Crippen LogP contribution in [0.5, 0.6) is 0 Å². The number of nitrogens with one attached hydrogen (secondary N) is 1. The standard InChI is InChI=1S/C22H19Cl2N7O4S/c23-16-2-1-3-17(24)18(16)31-19(25)15-12-26-21(28-20(15)29-22(31)32)27-13-4-6-14(7-5-13)36(33,34)30-8-10-35-11-9-30/h1-7,12H,8-11,25H2,(H,27,28,29,32). The SMILES string of the molecule is Nc1c2cnc(Nc3ccc(S(=O)(=O)N4CCOCC4)cc3)nc2nc(=O)n1-c1c(Cl)cccc1Cl. The Balaban J connectivity index is 1.43. The van der Waals surface area contributed by atoms with Gasteiger partial charge in [-0.15, -0.1) is 0 Å². The summed E-state index contributed by atoms with van der Waals surface area (Å²) in [6.07, 6.45) is 1.42. The average molecular weight is 548 g/mol. The van der Waals surface area contributed by atoms with Crippen LogP contribution in [-0.4, -0.2) is 58.5 Å². The van der Waals surface area contributed by atoms with Crippen LogP contribution >= 0.6 is 23.2 Å². The second-order valence-corrected chi connectivity index (χ2v) is 10.5. The molecule has 1 saturated heterocycles. The Kier molecular flexibility index (Phi) is 6.53. The number of sulfonamides is 1. The third-order valence-corrected chi connectivity index (χ3v) is 8.08. The van der Waals surface area contributed by atoms with Crippen LogP contribution in [0.25, 0.3) is 16.7 Å². The quantitative estimate of drug-likeness (QED) is 0.385. The molecule has 11 nitrogen and oxygen atoms in total. The highest BCUT2D eigenvalue weighted by molar-refractivity contribution is 7.89. The number of rotatable bonds is 5. The molecule has 0 atom stereocenters. The molecule has 1 fully saturated rings. The van der Waals surface area contributed by atoms with Gasteiger partial charge in [0.25, 0.3) is 0 Å². The van der Waals surface area contributed by atoms with Gasteiger partial charge in [-0.3, -0.25) is 0 Å². The minimum absolute atomic E-state index is 0.0317. The normalized spacial score (nSPS) is 14.7. The van der Waals surface area contributed by atoms with Crippen molar-refractivity contribution in [3.63, 3.8) is 0 Å². The van der Waals surface area contributed by atoms with Gasteiger partial charge in [-0.05, 0) is 36.4 Å². The number of nitrogens with zero attached hydrogens (tertiary/aromatic N) is 5. The summed E-state index contributed by atoms with van der Waals surface area (Å²) in [5, 5.41) is 3.76. The van der Waals surface area contributed by atoms with E-state index in [4.69, 9.17) is 33.7 Å². The number of halogens is 2. The van der Waals surface area contributed by atoms with Gasteiger partial charge >= 0.3 is 5.69 Å². The number of aromatic nitrogens is 4. The zero-order valence-electron chi connectivity index (χ0n) is 18.6. The van der Waals surface area contributed by atoms with Gasteiger partial charge in [0.15, 0.2) is 5.65 Å². The molecular weight excluding hydrogens is 529 g/mol. The van der Waals surface area contributed by atoms with E-state index < -0.39 is 15.7 Å². The highest BCUT2D eigenvalue weighted by Gasteiger charge is 2.26. The first-order chi connectivity index (χ1) is 17.3. The largest absolute Gasteiger partial charge is 0.384 e. The molecule has 2 aromatic heterocycles. The molecule has 0 saturated carbocycles. The van der Waals surface area contributed by atoms with E-state index in [1.54, 1.807) is 30.3 Å². The summed E-state index contributed by atoms with van der Waals surface area (Å²) < 4.78 is 33.3. The van der Waals surface area contributed by atoms with Crippen molar-refractivity contribution in [1.29, 1.82) is 0 Å². The van der Waals surface area contributed by atoms with Gasteiger partial charge in [0.2, 0.25) is 16.0 Å². The number of benzene rings is 2. The molecule has 3 N–H and O–H groups in total. The fourth-order valence-corrected chi connectivity index (χ4v) is 5.73. The molecule has 186 valence electrons. The van der Waals surface area contributed by atoms with Crippen LogP contribution in [0.15, 0.2) is 58.4 Å². The molecule has 4 aromatic rings. The molecule has 0 amide bonds. The molecule has 14 heteroatoms. The van der Waals surface area contributed by atoms with Gasteiger partial charge in [0, 0.05) is 25.0 Å². The molecule has 3 heterocycles. The maximum atomic E-state index is 12.8. The Morgan fingerprint density at radius 3 is 2.33 bits per heavy atom. The summed E-state index contributed by atoms with van der Waals surface area (Å²) in [4.78, 5) is 25.5. The molecule has 5 rings (SSSR count). The van der Waals surface area contributed by atoms with E-state index in [2.05, 4.69) is 20.3 Å². The highest BCUT2D eigenvalue weighted by atomic mass is 35.5. The molecule has 0 unspecified atom stereocenters. The zero-order valence-corrected chi connectivity index (χ0v) is 20.9. The number of nitrogen functional groups attached to an aromatic ring is 1. The maximum absolute atomic E-state index is 12.8.